The van der Waals surface area contributed by atoms with E-state index in [1.165, 1.54) is 12.0 Å². The molecule has 1 aromatic carbocycles. The van der Waals surface area contributed by atoms with Gasteiger partial charge in [0.2, 0.25) is 0 Å². The van der Waals surface area contributed by atoms with Crippen LogP contribution in [0.2, 0.25) is 0 Å². The van der Waals surface area contributed by atoms with E-state index in [9.17, 15) is 10.1 Å². The second kappa shape index (κ2) is 4.12. The number of nitro benzene ring substituents is 1. The molecule has 18 heavy (non-hydrogen) atoms. The van der Waals surface area contributed by atoms with Crippen LogP contribution < -0.4 is 0 Å². The largest absolute Gasteiger partial charge is 0.374 e. The van der Waals surface area contributed by atoms with Gasteiger partial charge in [-0.25, -0.2) is 0 Å². The molecule has 1 aromatic rings. The lowest BCUT2D eigenvalue weighted by atomic mass is 9.88. The van der Waals surface area contributed by atoms with Crippen molar-refractivity contribution in [3.8, 4) is 0 Å². The first-order chi connectivity index (χ1) is 8.65. The maximum atomic E-state index is 10.6. The van der Waals surface area contributed by atoms with Crippen molar-refractivity contribution in [1.82, 2.24) is 4.90 Å². The quantitative estimate of drug-likeness (QED) is 0.593. The molecule has 4 heteroatoms. The Bertz CT molecular complexity index is 507. The van der Waals surface area contributed by atoms with Gasteiger partial charge in [-0.15, -0.1) is 0 Å². The third kappa shape index (κ3) is 1.78. The van der Waals surface area contributed by atoms with Crippen molar-refractivity contribution in [2.75, 3.05) is 6.54 Å². The van der Waals surface area contributed by atoms with E-state index in [1.54, 1.807) is 12.1 Å². The van der Waals surface area contributed by atoms with E-state index in [1.807, 2.05) is 12.1 Å². The fourth-order valence-electron chi connectivity index (χ4n) is 3.01. The first kappa shape index (κ1) is 11.3. The molecule has 2 atom stereocenters. The van der Waals surface area contributed by atoms with Crippen LogP contribution >= 0.6 is 0 Å². The molecule has 2 bridgehead atoms. The molecule has 1 saturated heterocycles. The zero-order valence-corrected chi connectivity index (χ0v) is 10.4. The Balaban J connectivity index is 1.88. The van der Waals surface area contributed by atoms with Gasteiger partial charge in [0.1, 0.15) is 0 Å². The van der Waals surface area contributed by atoms with E-state index in [-0.39, 0.29) is 10.6 Å². The Morgan fingerprint density at radius 2 is 2.06 bits per heavy atom. The van der Waals surface area contributed by atoms with Gasteiger partial charge in [0.05, 0.1) is 4.92 Å². The summed E-state index contributed by atoms with van der Waals surface area (Å²) in [5.41, 5.74) is 2.58. The van der Waals surface area contributed by atoms with Crippen molar-refractivity contribution in [2.24, 2.45) is 5.92 Å². The number of fused-ring (bicyclic) bond motifs is 2. The minimum absolute atomic E-state index is 0.159. The standard InChI is InChI=1S/C14H16N2O2/c1-10-12-6-7-15(10)9-13(8-12)11-2-4-14(5-3-11)16(17)18/h2-5,9-10,12H,6-8H2,1H3. The highest BCUT2D eigenvalue weighted by atomic mass is 16.6. The van der Waals surface area contributed by atoms with Crippen LogP contribution in [0.1, 0.15) is 25.3 Å². The maximum absolute atomic E-state index is 10.6. The van der Waals surface area contributed by atoms with E-state index in [0.717, 1.165) is 24.4 Å². The Hall–Kier alpha value is -1.84. The highest BCUT2D eigenvalue weighted by Crippen LogP contribution is 2.38. The summed E-state index contributed by atoms with van der Waals surface area (Å²) >= 11 is 0. The molecular weight excluding hydrogens is 228 g/mol. The molecule has 0 aromatic heterocycles. The molecule has 0 radical (unpaired) electrons. The summed E-state index contributed by atoms with van der Waals surface area (Å²) in [6.07, 6.45) is 4.58. The van der Waals surface area contributed by atoms with Crippen molar-refractivity contribution < 1.29 is 4.92 Å². The average molecular weight is 244 g/mol. The first-order valence-corrected chi connectivity index (χ1v) is 6.36. The van der Waals surface area contributed by atoms with Gasteiger partial charge in [-0.2, -0.15) is 0 Å². The van der Waals surface area contributed by atoms with Crippen LogP contribution in [0.25, 0.3) is 5.57 Å². The van der Waals surface area contributed by atoms with Gasteiger partial charge in [-0.05, 0) is 49.0 Å². The Kier molecular flexibility index (Phi) is 2.58. The van der Waals surface area contributed by atoms with Crippen molar-refractivity contribution >= 4 is 11.3 Å². The van der Waals surface area contributed by atoms with E-state index >= 15 is 0 Å². The molecule has 3 rings (SSSR count). The summed E-state index contributed by atoms with van der Waals surface area (Å²) in [7, 11) is 0. The fraction of sp³-hybridized carbons (Fsp3) is 0.429. The summed E-state index contributed by atoms with van der Waals surface area (Å²) in [5, 5.41) is 10.6. The van der Waals surface area contributed by atoms with Crippen LogP contribution in [0, 0.1) is 16.0 Å². The van der Waals surface area contributed by atoms with Crippen LogP contribution in [-0.4, -0.2) is 22.4 Å². The maximum Gasteiger partial charge on any atom is 0.269 e. The molecule has 2 heterocycles. The number of non-ortho nitro benzene ring substituents is 1. The van der Waals surface area contributed by atoms with Crippen molar-refractivity contribution in [2.45, 2.75) is 25.8 Å². The van der Waals surface area contributed by atoms with Crippen LogP contribution in [0.5, 0.6) is 0 Å². The molecule has 94 valence electrons. The minimum Gasteiger partial charge on any atom is -0.374 e. The molecule has 1 fully saturated rings. The Morgan fingerprint density at radius 1 is 1.33 bits per heavy atom. The molecule has 2 unspecified atom stereocenters. The molecule has 0 aliphatic carbocycles. The van der Waals surface area contributed by atoms with E-state index < -0.39 is 0 Å². The number of benzene rings is 1. The van der Waals surface area contributed by atoms with Gasteiger partial charge in [0.15, 0.2) is 0 Å². The minimum atomic E-state index is -0.353. The average Bonchev–Trinajstić information content (AvgIpc) is 2.62. The zero-order valence-electron chi connectivity index (χ0n) is 10.4. The third-order valence-electron chi connectivity index (χ3n) is 4.22. The second-order valence-electron chi connectivity index (χ2n) is 5.19. The molecule has 0 spiro atoms. The second-order valence-corrected chi connectivity index (χ2v) is 5.19. The molecule has 0 saturated carbocycles. The van der Waals surface area contributed by atoms with Crippen molar-refractivity contribution in [3.63, 3.8) is 0 Å². The predicted molar refractivity (Wildman–Crippen MR) is 70.0 cm³/mol. The smallest absolute Gasteiger partial charge is 0.269 e. The first-order valence-electron chi connectivity index (χ1n) is 6.36. The van der Waals surface area contributed by atoms with Crippen LogP contribution in [-0.2, 0) is 0 Å². The number of hydrogen-bond donors (Lipinski definition) is 0. The highest BCUT2D eigenvalue weighted by molar-refractivity contribution is 5.67. The number of hydrogen-bond acceptors (Lipinski definition) is 3. The van der Waals surface area contributed by atoms with Gasteiger partial charge >= 0.3 is 0 Å². The van der Waals surface area contributed by atoms with Crippen LogP contribution in [0.3, 0.4) is 0 Å². The molecule has 4 nitrogen and oxygen atoms in total. The molecular formula is C14H16N2O2. The van der Waals surface area contributed by atoms with Gasteiger partial charge in [-0.3, -0.25) is 10.1 Å². The number of allylic oxidation sites excluding steroid dienone is 1. The third-order valence-corrected chi connectivity index (χ3v) is 4.22. The highest BCUT2D eigenvalue weighted by Gasteiger charge is 2.33. The van der Waals surface area contributed by atoms with Gasteiger partial charge in [0, 0.05) is 30.9 Å². The summed E-state index contributed by atoms with van der Waals surface area (Å²) in [4.78, 5) is 12.7. The van der Waals surface area contributed by atoms with Gasteiger partial charge in [0.25, 0.3) is 5.69 Å². The van der Waals surface area contributed by atoms with E-state index in [4.69, 9.17) is 0 Å². The summed E-state index contributed by atoms with van der Waals surface area (Å²) in [6, 6.07) is 7.55. The lowest BCUT2D eigenvalue weighted by Gasteiger charge is -2.30. The fourth-order valence-corrected chi connectivity index (χ4v) is 3.01. The summed E-state index contributed by atoms with van der Waals surface area (Å²) < 4.78 is 0. The molecule has 2 aliphatic heterocycles. The van der Waals surface area contributed by atoms with Crippen molar-refractivity contribution in [3.05, 3.63) is 46.1 Å². The van der Waals surface area contributed by atoms with Gasteiger partial charge in [-0.1, -0.05) is 0 Å². The Morgan fingerprint density at radius 3 is 2.67 bits per heavy atom. The number of rotatable bonds is 2. The lowest BCUT2D eigenvalue weighted by Crippen LogP contribution is -2.29. The predicted octanol–water partition coefficient (Wildman–Crippen LogP) is 3.05. The SMILES string of the molecule is CC1C2CCN1C=C(c1ccc([N+](=O)[O-])cc1)C2. The Labute approximate surface area is 106 Å². The molecule has 2 aliphatic rings. The van der Waals surface area contributed by atoms with Crippen LogP contribution in [0.4, 0.5) is 5.69 Å². The zero-order chi connectivity index (χ0) is 12.7. The number of nitro groups is 1. The summed E-state index contributed by atoms with van der Waals surface area (Å²) in [6.45, 7) is 3.42. The van der Waals surface area contributed by atoms with Gasteiger partial charge < -0.3 is 4.90 Å². The lowest BCUT2D eigenvalue weighted by molar-refractivity contribution is -0.384. The summed E-state index contributed by atoms with van der Waals surface area (Å²) in [5.74, 6) is 0.736. The van der Waals surface area contributed by atoms with Crippen LogP contribution in [0.15, 0.2) is 30.5 Å². The number of nitrogens with zero attached hydrogens (tertiary/aromatic N) is 2. The normalized spacial score (nSPS) is 26.1. The molecule has 0 amide bonds. The monoisotopic (exact) mass is 244 g/mol. The topological polar surface area (TPSA) is 46.4 Å². The van der Waals surface area contributed by atoms with E-state index in [2.05, 4.69) is 18.0 Å². The van der Waals surface area contributed by atoms with Crippen molar-refractivity contribution in [1.29, 1.82) is 0 Å². The van der Waals surface area contributed by atoms with E-state index in [0.29, 0.717) is 6.04 Å². The molecule has 0 N–H and O–H groups in total.